The van der Waals surface area contributed by atoms with Gasteiger partial charge in [-0.1, -0.05) is 0 Å². The quantitative estimate of drug-likeness (QED) is 0.782. The molecule has 4 fully saturated rings. The Bertz CT molecular complexity index is 756. The lowest BCUT2D eigenvalue weighted by atomic mass is 9.49. The van der Waals surface area contributed by atoms with Gasteiger partial charge in [-0.3, -0.25) is 9.59 Å². The van der Waals surface area contributed by atoms with Crippen LogP contribution < -0.4 is 10.6 Å². The predicted molar refractivity (Wildman–Crippen MR) is 93.7 cm³/mol. The van der Waals surface area contributed by atoms with Crippen LogP contribution in [0, 0.1) is 28.9 Å². The summed E-state index contributed by atoms with van der Waals surface area (Å²) in [6, 6.07) is 2.91. The molecule has 4 bridgehead atoms. The maximum absolute atomic E-state index is 13.6. The number of alkyl halides is 1. The molecule has 2 unspecified atom stereocenters. The van der Waals surface area contributed by atoms with Gasteiger partial charge in [0.1, 0.15) is 11.6 Å². The third-order valence-corrected chi connectivity index (χ3v) is 6.53. The second kappa shape index (κ2) is 6.19. The van der Waals surface area contributed by atoms with Gasteiger partial charge in [-0.05, 0) is 62.5 Å². The molecule has 4 atom stereocenters. The fourth-order valence-electron chi connectivity index (χ4n) is 5.55. The maximum atomic E-state index is 13.6. The standard InChI is InChI=1S/C19H21ClF2N2O2/c20-19-7-11-3-12(8-19)6-18(5-11,10-19)17(26)23-9-16(25)24-15-2-1-13(21)4-14(15)22/h1-2,4,11-12H,3,5-10H2,(H,23,26)(H,24,25)/t11-,12+,18?,19?. The summed E-state index contributed by atoms with van der Waals surface area (Å²) in [5, 5.41) is 5.05. The molecule has 0 aromatic heterocycles. The molecule has 0 spiro atoms. The number of rotatable bonds is 4. The van der Waals surface area contributed by atoms with E-state index in [4.69, 9.17) is 11.6 Å². The molecule has 0 aliphatic heterocycles. The summed E-state index contributed by atoms with van der Waals surface area (Å²) >= 11 is 6.73. The Morgan fingerprint density at radius 1 is 1.15 bits per heavy atom. The van der Waals surface area contributed by atoms with Gasteiger partial charge >= 0.3 is 0 Å². The zero-order valence-electron chi connectivity index (χ0n) is 14.3. The average Bonchev–Trinajstić information content (AvgIpc) is 2.53. The van der Waals surface area contributed by atoms with Gasteiger partial charge in [0.15, 0.2) is 0 Å². The highest BCUT2D eigenvalue weighted by Crippen LogP contribution is 2.63. The van der Waals surface area contributed by atoms with E-state index >= 15 is 0 Å². The van der Waals surface area contributed by atoms with E-state index in [1.807, 2.05) is 0 Å². The summed E-state index contributed by atoms with van der Waals surface area (Å²) in [6.07, 6.45) is 5.42. The lowest BCUT2D eigenvalue weighted by molar-refractivity contribution is -0.145. The van der Waals surface area contributed by atoms with Crippen molar-refractivity contribution in [1.29, 1.82) is 0 Å². The van der Waals surface area contributed by atoms with Crippen LogP contribution in [0.15, 0.2) is 18.2 Å². The molecule has 5 rings (SSSR count). The number of hydrogen-bond acceptors (Lipinski definition) is 2. The van der Waals surface area contributed by atoms with Crippen LogP contribution in [0.3, 0.4) is 0 Å². The molecule has 1 aromatic rings. The summed E-state index contributed by atoms with van der Waals surface area (Å²) in [5.41, 5.74) is -0.590. The Labute approximate surface area is 155 Å². The maximum Gasteiger partial charge on any atom is 0.243 e. The molecular weight excluding hydrogens is 362 g/mol. The van der Waals surface area contributed by atoms with Crippen molar-refractivity contribution in [1.82, 2.24) is 5.32 Å². The van der Waals surface area contributed by atoms with Crippen LogP contribution in [0.5, 0.6) is 0 Å². The topological polar surface area (TPSA) is 58.2 Å². The third-order valence-electron chi connectivity index (χ3n) is 6.09. The van der Waals surface area contributed by atoms with Crippen LogP contribution in [-0.2, 0) is 9.59 Å². The molecule has 140 valence electrons. The minimum Gasteiger partial charge on any atom is -0.347 e. The smallest absolute Gasteiger partial charge is 0.243 e. The van der Waals surface area contributed by atoms with Gasteiger partial charge in [-0.25, -0.2) is 8.78 Å². The predicted octanol–water partition coefficient (Wildman–Crippen LogP) is 3.60. The van der Waals surface area contributed by atoms with Crippen molar-refractivity contribution in [3.8, 4) is 0 Å². The van der Waals surface area contributed by atoms with Crippen molar-refractivity contribution >= 4 is 29.1 Å². The van der Waals surface area contributed by atoms with E-state index in [0.29, 0.717) is 24.3 Å². The van der Waals surface area contributed by atoms with Crippen molar-refractivity contribution in [2.45, 2.75) is 43.4 Å². The number of hydrogen-bond donors (Lipinski definition) is 2. The molecule has 0 saturated heterocycles. The number of benzene rings is 1. The van der Waals surface area contributed by atoms with E-state index in [-0.39, 0.29) is 23.0 Å². The summed E-state index contributed by atoms with van der Waals surface area (Å²) in [4.78, 5) is 24.6. The summed E-state index contributed by atoms with van der Waals surface area (Å²) in [6.45, 7) is -0.248. The molecular formula is C19H21ClF2N2O2. The zero-order valence-corrected chi connectivity index (χ0v) is 15.0. The van der Waals surface area contributed by atoms with Gasteiger partial charge in [-0.2, -0.15) is 0 Å². The third kappa shape index (κ3) is 3.20. The highest BCUT2D eigenvalue weighted by molar-refractivity contribution is 6.24. The molecule has 0 heterocycles. The first kappa shape index (κ1) is 17.7. The average molecular weight is 383 g/mol. The molecule has 4 aliphatic rings. The van der Waals surface area contributed by atoms with E-state index in [1.54, 1.807) is 0 Å². The van der Waals surface area contributed by atoms with E-state index in [0.717, 1.165) is 44.2 Å². The molecule has 0 radical (unpaired) electrons. The Kier molecular flexibility index (Phi) is 4.21. The molecule has 4 saturated carbocycles. The monoisotopic (exact) mass is 382 g/mol. The second-order valence-electron chi connectivity index (χ2n) is 8.25. The Balaban J connectivity index is 1.37. The number of carbonyl (C=O) groups is 2. The van der Waals surface area contributed by atoms with Crippen molar-refractivity contribution in [2.24, 2.45) is 17.3 Å². The lowest BCUT2D eigenvalue weighted by Crippen LogP contribution is -2.58. The minimum atomic E-state index is -0.852. The first-order valence-electron chi connectivity index (χ1n) is 8.99. The van der Waals surface area contributed by atoms with Gasteiger partial charge < -0.3 is 10.6 Å². The van der Waals surface area contributed by atoms with Gasteiger partial charge in [0.2, 0.25) is 11.8 Å². The van der Waals surface area contributed by atoms with Gasteiger partial charge in [0, 0.05) is 10.9 Å². The van der Waals surface area contributed by atoms with Crippen molar-refractivity contribution < 1.29 is 18.4 Å². The van der Waals surface area contributed by atoms with Gasteiger partial charge in [0.25, 0.3) is 0 Å². The fourth-order valence-corrected chi connectivity index (χ4v) is 6.24. The molecule has 7 heteroatoms. The van der Waals surface area contributed by atoms with Crippen LogP contribution in [0.1, 0.15) is 38.5 Å². The Morgan fingerprint density at radius 2 is 1.85 bits per heavy atom. The fraction of sp³-hybridized carbons (Fsp3) is 0.579. The second-order valence-corrected chi connectivity index (χ2v) is 9.05. The molecule has 1 aromatic carbocycles. The minimum absolute atomic E-state index is 0.111. The number of amides is 2. The van der Waals surface area contributed by atoms with Gasteiger partial charge in [-0.15, -0.1) is 11.6 Å². The number of anilines is 1. The number of carbonyl (C=O) groups excluding carboxylic acids is 2. The Hall–Kier alpha value is -1.69. The van der Waals surface area contributed by atoms with E-state index < -0.39 is 23.0 Å². The summed E-state index contributed by atoms with van der Waals surface area (Å²) < 4.78 is 26.5. The lowest BCUT2D eigenvalue weighted by Gasteiger charge is -2.59. The van der Waals surface area contributed by atoms with Crippen molar-refractivity contribution in [3.63, 3.8) is 0 Å². The highest BCUT2D eigenvalue weighted by Gasteiger charge is 2.60. The van der Waals surface area contributed by atoms with Crippen molar-refractivity contribution in [3.05, 3.63) is 29.8 Å². The molecule has 26 heavy (non-hydrogen) atoms. The van der Waals surface area contributed by atoms with Crippen molar-refractivity contribution in [2.75, 3.05) is 11.9 Å². The number of halogens is 3. The van der Waals surface area contributed by atoms with Crippen LogP contribution >= 0.6 is 11.6 Å². The molecule has 4 nitrogen and oxygen atoms in total. The van der Waals surface area contributed by atoms with Gasteiger partial charge in [0.05, 0.1) is 17.6 Å². The normalized spacial score (nSPS) is 34.6. The number of nitrogens with one attached hydrogen (secondary N) is 2. The Morgan fingerprint density at radius 3 is 2.46 bits per heavy atom. The first-order chi connectivity index (χ1) is 12.3. The van der Waals surface area contributed by atoms with Crippen LogP contribution in [0.25, 0.3) is 0 Å². The zero-order chi connectivity index (χ0) is 18.5. The van der Waals surface area contributed by atoms with Crippen LogP contribution in [0.2, 0.25) is 0 Å². The molecule has 4 aliphatic carbocycles. The van der Waals surface area contributed by atoms with Crippen LogP contribution in [-0.4, -0.2) is 23.2 Å². The van der Waals surface area contributed by atoms with Crippen LogP contribution in [0.4, 0.5) is 14.5 Å². The highest BCUT2D eigenvalue weighted by atomic mass is 35.5. The van der Waals surface area contributed by atoms with E-state index in [1.165, 1.54) is 0 Å². The summed E-state index contributed by atoms with van der Waals surface area (Å²) in [7, 11) is 0. The first-order valence-corrected chi connectivity index (χ1v) is 9.37. The van der Waals surface area contributed by atoms with E-state index in [2.05, 4.69) is 10.6 Å². The van der Waals surface area contributed by atoms with E-state index in [9.17, 15) is 18.4 Å². The molecule has 2 N–H and O–H groups in total. The summed E-state index contributed by atoms with van der Waals surface area (Å²) in [5.74, 6) is -1.27. The largest absolute Gasteiger partial charge is 0.347 e. The SMILES string of the molecule is O=C(CNC(=O)C12C[C@@H]3C[C@@H](CC(Cl)(C3)C1)C2)Nc1ccc(F)cc1F. The molecule has 2 amide bonds.